The maximum absolute atomic E-state index is 12.7. The third kappa shape index (κ3) is 5.64. The van der Waals surface area contributed by atoms with Gasteiger partial charge >= 0.3 is 6.03 Å². The van der Waals surface area contributed by atoms with E-state index in [1.54, 1.807) is 60.0 Å². The molecular weight excluding hydrogens is 432 g/mol. The number of piperazine rings is 1. The fourth-order valence-electron chi connectivity index (χ4n) is 3.46. The number of hydrogen-bond acceptors (Lipinski definition) is 7. The van der Waals surface area contributed by atoms with Crippen molar-refractivity contribution in [3.8, 4) is 0 Å². The van der Waals surface area contributed by atoms with Crippen LogP contribution in [-0.2, 0) is 5.41 Å². The Kier molecular flexibility index (Phi) is 6.67. The van der Waals surface area contributed by atoms with Crippen LogP contribution in [-0.4, -0.2) is 63.0 Å². The van der Waals surface area contributed by atoms with Crippen LogP contribution >= 0.6 is 0 Å². The second-order valence-corrected chi connectivity index (χ2v) is 9.03. The first-order valence-electron chi connectivity index (χ1n) is 11.1. The number of carbonyl (C=O) groups excluding carboxylic acids is 2. The van der Waals surface area contributed by atoms with Crippen molar-refractivity contribution < 1.29 is 9.59 Å². The number of aromatic nitrogens is 4. The molecule has 34 heavy (non-hydrogen) atoms. The summed E-state index contributed by atoms with van der Waals surface area (Å²) in [6.07, 6.45) is 6.75. The van der Waals surface area contributed by atoms with Gasteiger partial charge in [-0.2, -0.15) is 0 Å². The summed E-state index contributed by atoms with van der Waals surface area (Å²) in [5.41, 5.74) is 1.98. The molecule has 0 radical (unpaired) electrons. The number of carbonyl (C=O) groups is 2. The second kappa shape index (κ2) is 9.82. The van der Waals surface area contributed by atoms with E-state index < -0.39 is 5.91 Å². The van der Waals surface area contributed by atoms with Gasteiger partial charge in [0.2, 0.25) is 11.8 Å². The fourth-order valence-corrected chi connectivity index (χ4v) is 3.46. The highest BCUT2D eigenvalue weighted by atomic mass is 16.2. The molecule has 4 rings (SSSR count). The molecule has 1 saturated heterocycles. The Hall–Kier alpha value is -4.08. The third-order valence-electron chi connectivity index (χ3n) is 5.49. The van der Waals surface area contributed by atoms with Crippen molar-refractivity contribution in [1.29, 1.82) is 0 Å². The summed E-state index contributed by atoms with van der Waals surface area (Å²) in [6, 6.07) is 8.57. The average Bonchev–Trinajstić information content (AvgIpc) is 2.84. The van der Waals surface area contributed by atoms with Gasteiger partial charge in [0.05, 0.1) is 0 Å². The van der Waals surface area contributed by atoms with E-state index in [4.69, 9.17) is 0 Å². The molecule has 0 saturated carbocycles. The van der Waals surface area contributed by atoms with E-state index in [-0.39, 0.29) is 17.3 Å². The molecule has 10 heteroatoms. The molecular formula is C24H28N8O2. The Morgan fingerprint density at radius 1 is 0.853 bits per heavy atom. The van der Waals surface area contributed by atoms with Gasteiger partial charge in [-0.3, -0.25) is 4.79 Å². The molecule has 0 spiro atoms. The average molecular weight is 461 g/mol. The van der Waals surface area contributed by atoms with E-state index in [2.05, 4.69) is 56.2 Å². The van der Waals surface area contributed by atoms with Crippen molar-refractivity contribution in [2.24, 2.45) is 0 Å². The summed E-state index contributed by atoms with van der Waals surface area (Å²) in [5.74, 6) is 0.342. The smallest absolute Gasteiger partial charge is 0.321 e. The minimum absolute atomic E-state index is 0.0858. The van der Waals surface area contributed by atoms with Gasteiger partial charge in [-0.15, -0.1) is 0 Å². The number of amides is 3. The number of anilines is 3. The van der Waals surface area contributed by atoms with Crippen molar-refractivity contribution in [2.45, 2.75) is 26.2 Å². The first-order valence-corrected chi connectivity index (χ1v) is 11.1. The predicted molar refractivity (Wildman–Crippen MR) is 130 cm³/mol. The lowest BCUT2D eigenvalue weighted by atomic mass is 9.89. The number of benzene rings is 1. The van der Waals surface area contributed by atoms with Gasteiger partial charge in [-0.25, -0.2) is 24.7 Å². The van der Waals surface area contributed by atoms with Crippen molar-refractivity contribution in [1.82, 2.24) is 24.8 Å². The van der Waals surface area contributed by atoms with Crippen LogP contribution in [0.5, 0.6) is 0 Å². The lowest BCUT2D eigenvalue weighted by Crippen LogP contribution is -2.50. The zero-order valence-electron chi connectivity index (χ0n) is 19.5. The monoisotopic (exact) mass is 460 g/mol. The van der Waals surface area contributed by atoms with Crippen LogP contribution in [0.25, 0.3) is 0 Å². The highest BCUT2D eigenvalue weighted by Gasteiger charge is 2.22. The molecule has 3 aromatic rings. The largest absolute Gasteiger partial charge is 0.337 e. The molecule has 1 aromatic carbocycles. The molecule has 2 N–H and O–H groups in total. The normalized spacial score (nSPS) is 14.0. The molecule has 1 aliphatic heterocycles. The van der Waals surface area contributed by atoms with Crippen LogP contribution in [0.2, 0.25) is 0 Å². The number of urea groups is 1. The summed E-state index contributed by atoms with van der Waals surface area (Å²) in [6.45, 7) is 8.60. The maximum Gasteiger partial charge on any atom is 0.321 e. The minimum atomic E-state index is -0.414. The van der Waals surface area contributed by atoms with E-state index in [0.29, 0.717) is 43.5 Å². The Balaban J connectivity index is 1.33. The van der Waals surface area contributed by atoms with Gasteiger partial charge in [0.15, 0.2) is 0 Å². The highest BCUT2D eigenvalue weighted by molar-refractivity contribution is 6.02. The summed E-state index contributed by atoms with van der Waals surface area (Å²) >= 11 is 0. The van der Waals surface area contributed by atoms with Crippen molar-refractivity contribution >= 4 is 29.3 Å². The number of nitrogens with zero attached hydrogens (tertiary/aromatic N) is 6. The van der Waals surface area contributed by atoms with Crippen LogP contribution < -0.4 is 15.5 Å². The van der Waals surface area contributed by atoms with E-state index in [1.807, 2.05) is 0 Å². The van der Waals surface area contributed by atoms with Gasteiger partial charge in [0.1, 0.15) is 0 Å². The molecule has 1 fully saturated rings. The van der Waals surface area contributed by atoms with Gasteiger partial charge in [-0.05, 0) is 35.2 Å². The maximum atomic E-state index is 12.7. The fraction of sp³-hybridized carbons (Fsp3) is 0.333. The summed E-state index contributed by atoms with van der Waals surface area (Å²) in [4.78, 5) is 46.0. The van der Waals surface area contributed by atoms with Crippen molar-refractivity contribution in [2.75, 3.05) is 41.7 Å². The van der Waals surface area contributed by atoms with Crippen LogP contribution in [0, 0.1) is 0 Å². The van der Waals surface area contributed by atoms with Crippen LogP contribution in [0.3, 0.4) is 0 Å². The van der Waals surface area contributed by atoms with Crippen LogP contribution in [0.1, 0.15) is 37.0 Å². The SMILES string of the molecule is CC(C)(C)c1cnc(C(=O)Nc2cccc(NC(=O)N3CCN(c4ncccn4)CC3)c2)nc1. The lowest BCUT2D eigenvalue weighted by molar-refractivity contribution is 0.101. The molecule has 3 heterocycles. The van der Waals surface area contributed by atoms with E-state index >= 15 is 0 Å². The zero-order chi connectivity index (χ0) is 24.1. The van der Waals surface area contributed by atoms with E-state index in [0.717, 1.165) is 5.56 Å². The zero-order valence-corrected chi connectivity index (χ0v) is 19.5. The van der Waals surface area contributed by atoms with Crippen molar-refractivity contribution in [3.05, 3.63) is 66.5 Å². The van der Waals surface area contributed by atoms with Gasteiger partial charge in [0, 0.05) is 62.3 Å². The first kappa shape index (κ1) is 23.1. The Labute approximate surface area is 198 Å². The molecule has 0 atom stereocenters. The van der Waals surface area contributed by atoms with E-state index in [1.165, 1.54) is 0 Å². The number of rotatable bonds is 4. The minimum Gasteiger partial charge on any atom is -0.337 e. The molecule has 0 unspecified atom stereocenters. The molecule has 2 aromatic heterocycles. The first-order chi connectivity index (χ1) is 16.3. The van der Waals surface area contributed by atoms with Crippen molar-refractivity contribution in [3.63, 3.8) is 0 Å². The molecule has 0 aliphatic carbocycles. The molecule has 1 aliphatic rings. The van der Waals surface area contributed by atoms with Gasteiger partial charge in [-0.1, -0.05) is 26.8 Å². The third-order valence-corrected chi connectivity index (χ3v) is 5.49. The molecule has 176 valence electrons. The summed E-state index contributed by atoms with van der Waals surface area (Å²) < 4.78 is 0. The lowest BCUT2D eigenvalue weighted by Gasteiger charge is -2.34. The second-order valence-electron chi connectivity index (χ2n) is 9.03. The number of hydrogen-bond donors (Lipinski definition) is 2. The van der Waals surface area contributed by atoms with Gasteiger partial charge in [0.25, 0.3) is 5.91 Å². The van der Waals surface area contributed by atoms with Crippen LogP contribution in [0.4, 0.5) is 22.1 Å². The topological polar surface area (TPSA) is 116 Å². The molecule has 0 bridgehead atoms. The highest BCUT2D eigenvalue weighted by Crippen LogP contribution is 2.21. The Bertz CT molecular complexity index is 1140. The predicted octanol–water partition coefficient (Wildman–Crippen LogP) is 3.17. The Morgan fingerprint density at radius 3 is 2.09 bits per heavy atom. The summed E-state index contributed by atoms with van der Waals surface area (Å²) in [5, 5.41) is 5.68. The van der Waals surface area contributed by atoms with E-state index in [9.17, 15) is 9.59 Å². The Morgan fingerprint density at radius 2 is 1.47 bits per heavy atom. The van der Waals surface area contributed by atoms with Crippen LogP contribution in [0.15, 0.2) is 55.1 Å². The quantitative estimate of drug-likeness (QED) is 0.614. The van der Waals surface area contributed by atoms with Gasteiger partial charge < -0.3 is 20.4 Å². The molecule has 3 amide bonds. The summed E-state index contributed by atoms with van der Waals surface area (Å²) in [7, 11) is 0. The standard InChI is InChI=1S/C24H28N8O2/c1-24(2,3)17-15-27-20(28-16-17)21(33)29-18-6-4-7-19(14-18)30-23(34)32-12-10-31(11-13-32)22-25-8-5-9-26-22/h4-9,14-16H,10-13H2,1-3H3,(H,29,33)(H,30,34). The number of nitrogens with one attached hydrogen (secondary N) is 2. The molecule has 10 nitrogen and oxygen atoms in total.